The largest absolute Gasteiger partial charge is 0.372 e. The van der Waals surface area contributed by atoms with Crippen LogP contribution in [0.4, 0.5) is 10.1 Å². The van der Waals surface area contributed by atoms with E-state index in [-0.39, 0.29) is 5.82 Å². The lowest BCUT2D eigenvalue weighted by Gasteiger charge is -2.19. The number of hydrogen-bond donors (Lipinski definition) is 0. The van der Waals surface area contributed by atoms with Crippen molar-refractivity contribution in [1.29, 1.82) is 0 Å². The van der Waals surface area contributed by atoms with Crippen molar-refractivity contribution in [3.05, 3.63) is 29.6 Å². The Labute approximate surface area is 94.8 Å². The van der Waals surface area contributed by atoms with Gasteiger partial charge in [-0.15, -0.1) is 11.6 Å². The number of halogens is 2. The van der Waals surface area contributed by atoms with Crippen LogP contribution in [0.15, 0.2) is 18.2 Å². The van der Waals surface area contributed by atoms with E-state index in [0.717, 1.165) is 18.0 Å². The fourth-order valence-electron chi connectivity index (χ4n) is 1.73. The smallest absolute Gasteiger partial charge is 0.146 e. The van der Waals surface area contributed by atoms with E-state index in [1.165, 1.54) is 18.9 Å². The lowest BCUT2D eigenvalue weighted by atomic mass is 10.2. The van der Waals surface area contributed by atoms with Crippen LogP contribution in [0.3, 0.4) is 0 Å². The Hall–Kier alpha value is -0.760. The summed E-state index contributed by atoms with van der Waals surface area (Å²) in [5, 5.41) is 0. The molecule has 0 amide bonds. The van der Waals surface area contributed by atoms with Crippen LogP contribution in [-0.4, -0.2) is 13.6 Å². The number of nitrogens with zero attached hydrogens (tertiary/aromatic N) is 1. The van der Waals surface area contributed by atoms with E-state index in [9.17, 15) is 4.39 Å². The van der Waals surface area contributed by atoms with Gasteiger partial charge < -0.3 is 4.90 Å². The molecule has 0 aromatic heterocycles. The molecule has 15 heavy (non-hydrogen) atoms. The minimum Gasteiger partial charge on any atom is -0.372 e. The van der Waals surface area contributed by atoms with Gasteiger partial charge in [-0.1, -0.05) is 6.07 Å². The van der Waals surface area contributed by atoms with Crippen LogP contribution in [0.1, 0.15) is 18.4 Å². The zero-order chi connectivity index (χ0) is 10.8. The molecule has 0 saturated heterocycles. The lowest BCUT2D eigenvalue weighted by Crippen LogP contribution is -2.21. The van der Waals surface area contributed by atoms with E-state index >= 15 is 0 Å². The highest BCUT2D eigenvalue weighted by molar-refractivity contribution is 6.17. The quantitative estimate of drug-likeness (QED) is 0.713. The molecule has 0 bridgehead atoms. The van der Waals surface area contributed by atoms with Crippen LogP contribution >= 0.6 is 11.6 Å². The molecule has 0 atom stereocenters. The van der Waals surface area contributed by atoms with E-state index < -0.39 is 0 Å². The van der Waals surface area contributed by atoms with Crippen LogP contribution in [0, 0.1) is 11.7 Å². The Bertz CT molecular complexity index is 349. The van der Waals surface area contributed by atoms with Gasteiger partial charge in [-0.3, -0.25) is 0 Å². The Morgan fingerprint density at radius 2 is 2.20 bits per heavy atom. The van der Waals surface area contributed by atoms with Gasteiger partial charge in [-0.05, 0) is 36.5 Å². The van der Waals surface area contributed by atoms with Crippen molar-refractivity contribution in [2.75, 3.05) is 18.5 Å². The molecular weight excluding hydrogens is 213 g/mol. The minimum absolute atomic E-state index is 0.170. The summed E-state index contributed by atoms with van der Waals surface area (Å²) in [6.45, 7) is 0.955. The first-order valence-corrected chi connectivity index (χ1v) is 5.79. The SMILES string of the molecule is CN(CC1CC1)c1ccc(CCl)cc1F. The predicted octanol–water partition coefficient (Wildman–Crippen LogP) is 3.41. The van der Waals surface area contributed by atoms with Gasteiger partial charge in [0.25, 0.3) is 0 Å². The van der Waals surface area contributed by atoms with Crippen molar-refractivity contribution in [3.63, 3.8) is 0 Å². The number of anilines is 1. The van der Waals surface area contributed by atoms with Crippen molar-refractivity contribution in [1.82, 2.24) is 0 Å². The molecule has 0 unspecified atom stereocenters. The van der Waals surface area contributed by atoms with Gasteiger partial charge in [-0.2, -0.15) is 0 Å². The number of hydrogen-bond acceptors (Lipinski definition) is 1. The number of rotatable bonds is 4. The highest BCUT2D eigenvalue weighted by Crippen LogP contribution is 2.31. The molecule has 2 rings (SSSR count). The molecule has 1 nitrogen and oxygen atoms in total. The second-order valence-electron chi connectivity index (χ2n) is 4.24. The fraction of sp³-hybridized carbons (Fsp3) is 0.500. The topological polar surface area (TPSA) is 3.24 Å². The summed E-state index contributed by atoms with van der Waals surface area (Å²) in [5.41, 5.74) is 1.51. The summed E-state index contributed by atoms with van der Waals surface area (Å²) >= 11 is 5.64. The van der Waals surface area contributed by atoms with Crippen molar-refractivity contribution < 1.29 is 4.39 Å². The standard InChI is InChI=1S/C12H15ClFN/c1-15(8-9-2-3-9)12-5-4-10(7-13)6-11(12)14/h4-6,9H,2-3,7-8H2,1H3. The predicted molar refractivity (Wildman–Crippen MR) is 62.0 cm³/mol. The summed E-state index contributed by atoms with van der Waals surface area (Å²) in [7, 11) is 1.94. The second-order valence-corrected chi connectivity index (χ2v) is 4.51. The first-order valence-electron chi connectivity index (χ1n) is 5.26. The Balaban J connectivity index is 2.11. The summed E-state index contributed by atoms with van der Waals surface area (Å²) < 4.78 is 13.7. The van der Waals surface area contributed by atoms with E-state index in [1.54, 1.807) is 0 Å². The molecular formula is C12H15ClFN. The van der Waals surface area contributed by atoms with Gasteiger partial charge in [0, 0.05) is 19.5 Å². The first-order chi connectivity index (χ1) is 7.20. The first kappa shape index (κ1) is 10.7. The zero-order valence-corrected chi connectivity index (χ0v) is 9.60. The molecule has 1 aliphatic carbocycles. The molecule has 0 heterocycles. The lowest BCUT2D eigenvalue weighted by molar-refractivity contribution is 0.618. The maximum atomic E-state index is 13.7. The maximum Gasteiger partial charge on any atom is 0.146 e. The van der Waals surface area contributed by atoms with Gasteiger partial charge in [0.05, 0.1) is 5.69 Å². The average molecular weight is 228 g/mol. The summed E-state index contributed by atoms with van der Waals surface area (Å²) in [6.07, 6.45) is 2.57. The Morgan fingerprint density at radius 1 is 1.47 bits per heavy atom. The van der Waals surface area contributed by atoms with Crippen LogP contribution < -0.4 is 4.90 Å². The van der Waals surface area contributed by atoms with Crippen LogP contribution in [0.5, 0.6) is 0 Å². The molecule has 0 radical (unpaired) electrons. The van der Waals surface area contributed by atoms with E-state index in [4.69, 9.17) is 11.6 Å². The molecule has 82 valence electrons. The normalized spacial score (nSPS) is 15.4. The Kier molecular flexibility index (Phi) is 3.15. The average Bonchev–Trinajstić information content (AvgIpc) is 3.01. The van der Waals surface area contributed by atoms with Crippen LogP contribution in [-0.2, 0) is 5.88 Å². The number of alkyl halides is 1. The molecule has 3 heteroatoms. The van der Waals surface area contributed by atoms with Gasteiger partial charge in [0.2, 0.25) is 0 Å². The van der Waals surface area contributed by atoms with Crippen LogP contribution in [0.2, 0.25) is 0 Å². The van der Waals surface area contributed by atoms with Gasteiger partial charge >= 0.3 is 0 Å². The van der Waals surface area contributed by atoms with Gasteiger partial charge in [0.15, 0.2) is 0 Å². The molecule has 1 saturated carbocycles. The second kappa shape index (κ2) is 4.40. The third-order valence-corrected chi connectivity index (χ3v) is 3.12. The molecule has 0 aliphatic heterocycles. The summed E-state index contributed by atoms with van der Waals surface area (Å²) in [6, 6.07) is 5.22. The van der Waals surface area contributed by atoms with Crippen molar-refractivity contribution in [2.45, 2.75) is 18.7 Å². The molecule has 1 aromatic rings. The van der Waals surface area contributed by atoms with Gasteiger partial charge in [-0.25, -0.2) is 4.39 Å². The maximum absolute atomic E-state index is 13.7. The van der Waals surface area contributed by atoms with E-state index in [0.29, 0.717) is 11.6 Å². The van der Waals surface area contributed by atoms with Crippen molar-refractivity contribution >= 4 is 17.3 Å². The molecule has 1 fully saturated rings. The van der Waals surface area contributed by atoms with E-state index in [2.05, 4.69) is 0 Å². The molecule has 0 spiro atoms. The fourth-order valence-corrected chi connectivity index (χ4v) is 1.90. The highest BCUT2D eigenvalue weighted by atomic mass is 35.5. The third kappa shape index (κ3) is 2.63. The monoisotopic (exact) mass is 227 g/mol. The van der Waals surface area contributed by atoms with Gasteiger partial charge in [0.1, 0.15) is 5.82 Å². The highest BCUT2D eigenvalue weighted by Gasteiger charge is 2.23. The molecule has 1 aliphatic rings. The number of benzene rings is 1. The third-order valence-electron chi connectivity index (χ3n) is 2.81. The van der Waals surface area contributed by atoms with Crippen molar-refractivity contribution in [2.24, 2.45) is 5.92 Å². The molecule has 0 N–H and O–H groups in total. The summed E-state index contributed by atoms with van der Waals surface area (Å²) in [4.78, 5) is 1.99. The van der Waals surface area contributed by atoms with E-state index in [1.807, 2.05) is 24.1 Å². The molecule has 1 aromatic carbocycles. The zero-order valence-electron chi connectivity index (χ0n) is 8.84. The minimum atomic E-state index is -0.170. The Morgan fingerprint density at radius 3 is 2.73 bits per heavy atom. The summed E-state index contributed by atoms with van der Waals surface area (Å²) in [5.74, 6) is 0.960. The van der Waals surface area contributed by atoms with Crippen LogP contribution in [0.25, 0.3) is 0 Å². The van der Waals surface area contributed by atoms with Crippen molar-refractivity contribution in [3.8, 4) is 0 Å².